The largest absolute Gasteiger partial charge is 0.497 e. The number of nitrogens with two attached hydrogens (primary N) is 1. The average molecular weight is 598 g/mol. The van der Waals surface area contributed by atoms with Crippen LogP contribution < -0.4 is 24.2 Å². The highest BCUT2D eigenvalue weighted by Crippen LogP contribution is 2.39. The zero-order chi connectivity index (χ0) is 29.9. The lowest BCUT2D eigenvalue weighted by atomic mass is 9.96. The first-order valence-corrected chi connectivity index (χ1v) is 14.5. The lowest BCUT2D eigenvalue weighted by Crippen LogP contribution is -2.32. The molecule has 2 heterocycles. The van der Waals surface area contributed by atoms with Crippen LogP contribution in [0.3, 0.4) is 0 Å². The van der Waals surface area contributed by atoms with Gasteiger partial charge in [0, 0.05) is 48.1 Å². The molecule has 1 aliphatic carbocycles. The van der Waals surface area contributed by atoms with Crippen LogP contribution >= 0.6 is 0 Å². The van der Waals surface area contributed by atoms with E-state index in [1.165, 1.54) is 26.5 Å². The van der Waals surface area contributed by atoms with Crippen molar-refractivity contribution in [3.05, 3.63) is 90.0 Å². The SMILES string of the molecule is COc1ccc(CN(c2ccncn2)S(=O)(=O)c2cc(F)c(OC3CCCC3c3ccnc(N)c3)cc2F)c(OC)c1. The smallest absolute Gasteiger partial charge is 0.268 e. The van der Waals surface area contributed by atoms with Crippen LogP contribution in [0.4, 0.5) is 20.4 Å². The number of sulfonamides is 1. The van der Waals surface area contributed by atoms with E-state index in [0.717, 1.165) is 35.1 Å². The summed E-state index contributed by atoms with van der Waals surface area (Å²) in [5.74, 6) is -1.54. The summed E-state index contributed by atoms with van der Waals surface area (Å²) in [6.07, 6.45) is 5.83. The summed E-state index contributed by atoms with van der Waals surface area (Å²) in [7, 11) is -1.77. The normalized spacial score (nSPS) is 16.7. The maximum atomic E-state index is 15.6. The fourth-order valence-corrected chi connectivity index (χ4v) is 6.54. The number of benzene rings is 2. The maximum Gasteiger partial charge on any atom is 0.268 e. The quantitative estimate of drug-likeness (QED) is 0.272. The Morgan fingerprint density at radius 1 is 0.952 bits per heavy atom. The van der Waals surface area contributed by atoms with Crippen LogP contribution in [0.15, 0.2) is 72.1 Å². The topological polar surface area (TPSA) is 130 Å². The van der Waals surface area contributed by atoms with Crippen LogP contribution in [0.2, 0.25) is 0 Å². The molecule has 220 valence electrons. The number of pyridine rings is 1. The van der Waals surface area contributed by atoms with Gasteiger partial charge in [-0.1, -0.05) is 0 Å². The van der Waals surface area contributed by atoms with Gasteiger partial charge in [-0.3, -0.25) is 0 Å². The van der Waals surface area contributed by atoms with Crippen molar-refractivity contribution in [2.75, 3.05) is 24.3 Å². The number of anilines is 2. The van der Waals surface area contributed by atoms with E-state index in [9.17, 15) is 8.42 Å². The molecule has 0 aliphatic heterocycles. The molecular weight excluding hydrogens is 568 g/mol. The molecule has 0 radical (unpaired) electrons. The standard InChI is InChI=1S/C29H29F2N5O5S/c1-39-20-7-6-19(25(13-20)40-2)16-36(29-9-10-33-17-35-29)42(37,38)27-15-22(30)26(14-23(27)31)41-24-5-3-4-21(24)18-8-11-34-28(32)12-18/h6-15,17,21,24H,3-5,16H2,1-2H3,(H2,32,34). The summed E-state index contributed by atoms with van der Waals surface area (Å²) in [6.45, 7) is -0.301. The second-order valence-electron chi connectivity index (χ2n) is 9.68. The molecular formula is C29H29F2N5O5S. The predicted molar refractivity (Wildman–Crippen MR) is 151 cm³/mol. The lowest BCUT2D eigenvalue weighted by molar-refractivity contribution is 0.181. The van der Waals surface area contributed by atoms with Gasteiger partial charge >= 0.3 is 0 Å². The second-order valence-corrected chi connectivity index (χ2v) is 11.5. The fraction of sp³-hybridized carbons (Fsp3) is 0.276. The molecule has 2 aromatic heterocycles. The lowest BCUT2D eigenvalue weighted by Gasteiger charge is -2.25. The predicted octanol–water partition coefficient (Wildman–Crippen LogP) is 4.86. The van der Waals surface area contributed by atoms with Crippen molar-refractivity contribution in [2.24, 2.45) is 0 Å². The molecule has 5 rings (SSSR count). The summed E-state index contributed by atoms with van der Waals surface area (Å²) in [5.41, 5.74) is 7.15. The summed E-state index contributed by atoms with van der Waals surface area (Å²) < 4.78 is 76.2. The van der Waals surface area contributed by atoms with Crippen molar-refractivity contribution >= 4 is 21.7 Å². The Hall–Kier alpha value is -4.52. The molecule has 2 aromatic carbocycles. The zero-order valence-corrected chi connectivity index (χ0v) is 23.7. The van der Waals surface area contributed by atoms with E-state index in [0.29, 0.717) is 35.4 Å². The van der Waals surface area contributed by atoms with Gasteiger partial charge in [0.25, 0.3) is 10.0 Å². The zero-order valence-electron chi connectivity index (χ0n) is 22.9. The van der Waals surface area contributed by atoms with E-state index in [1.807, 2.05) is 6.07 Å². The van der Waals surface area contributed by atoms with Gasteiger partial charge in [0.1, 0.15) is 46.3 Å². The number of hydrogen-bond acceptors (Lipinski definition) is 9. The van der Waals surface area contributed by atoms with Crippen molar-refractivity contribution in [1.82, 2.24) is 15.0 Å². The number of aromatic nitrogens is 3. The van der Waals surface area contributed by atoms with Crippen LogP contribution in [0.1, 0.15) is 36.3 Å². The molecule has 2 atom stereocenters. The molecule has 0 bridgehead atoms. The number of nitrogens with zero attached hydrogens (tertiary/aromatic N) is 4. The Balaban J connectivity index is 1.48. The van der Waals surface area contributed by atoms with Crippen LogP contribution in [0, 0.1) is 11.6 Å². The van der Waals surface area contributed by atoms with Crippen LogP contribution in [0.5, 0.6) is 17.2 Å². The Labute approximate surface area is 242 Å². The maximum absolute atomic E-state index is 15.6. The molecule has 4 aromatic rings. The summed E-state index contributed by atoms with van der Waals surface area (Å²) in [5, 5.41) is 0. The summed E-state index contributed by atoms with van der Waals surface area (Å²) in [6, 6.07) is 11.1. The molecule has 0 amide bonds. The van der Waals surface area contributed by atoms with Crippen LogP contribution in [-0.4, -0.2) is 43.7 Å². The van der Waals surface area contributed by atoms with Gasteiger partial charge in [-0.2, -0.15) is 0 Å². The molecule has 1 aliphatic rings. The van der Waals surface area contributed by atoms with Crippen molar-refractivity contribution in [3.8, 4) is 17.2 Å². The monoisotopic (exact) mass is 597 g/mol. The van der Waals surface area contributed by atoms with E-state index >= 15 is 8.78 Å². The highest BCUT2D eigenvalue weighted by Gasteiger charge is 2.34. The first kappa shape index (κ1) is 29.0. The van der Waals surface area contributed by atoms with E-state index in [1.54, 1.807) is 30.5 Å². The van der Waals surface area contributed by atoms with Gasteiger partial charge < -0.3 is 19.9 Å². The van der Waals surface area contributed by atoms with Gasteiger partial charge in [0.15, 0.2) is 11.6 Å². The molecule has 1 fully saturated rings. The third-order valence-electron chi connectivity index (χ3n) is 7.15. The molecule has 2 N–H and O–H groups in total. The van der Waals surface area contributed by atoms with Gasteiger partial charge in [0.05, 0.1) is 20.8 Å². The number of methoxy groups -OCH3 is 2. The van der Waals surface area contributed by atoms with Crippen molar-refractivity contribution in [2.45, 2.75) is 42.7 Å². The summed E-state index contributed by atoms with van der Waals surface area (Å²) in [4.78, 5) is 11.0. The minimum Gasteiger partial charge on any atom is -0.497 e. The molecule has 42 heavy (non-hydrogen) atoms. The van der Waals surface area contributed by atoms with Gasteiger partial charge in [-0.15, -0.1) is 0 Å². The number of ether oxygens (including phenoxy) is 3. The minimum absolute atomic E-state index is 0.0478. The number of hydrogen-bond donors (Lipinski definition) is 1. The van der Waals surface area contributed by atoms with Crippen molar-refractivity contribution in [3.63, 3.8) is 0 Å². The van der Waals surface area contributed by atoms with E-state index < -0.39 is 32.7 Å². The van der Waals surface area contributed by atoms with Crippen molar-refractivity contribution in [1.29, 1.82) is 0 Å². The van der Waals surface area contributed by atoms with Crippen molar-refractivity contribution < 1.29 is 31.4 Å². The van der Waals surface area contributed by atoms with Gasteiger partial charge in [-0.05, 0) is 49.1 Å². The fourth-order valence-electron chi connectivity index (χ4n) is 5.08. The minimum atomic E-state index is -4.68. The van der Waals surface area contributed by atoms with E-state index in [2.05, 4.69) is 15.0 Å². The highest BCUT2D eigenvalue weighted by atomic mass is 32.2. The molecule has 10 nitrogen and oxygen atoms in total. The molecule has 13 heteroatoms. The highest BCUT2D eigenvalue weighted by molar-refractivity contribution is 7.92. The first-order chi connectivity index (χ1) is 20.2. The van der Waals surface area contributed by atoms with Crippen LogP contribution in [0.25, 0.3) is 0 Å². The second kappa shape index (κ2) is 12.1. The Kier molecular flexibility index (Phi) is 8.39. The van der Waals surface area contributed by atoms with E-state index in [4.69, 9.17) is 19.9 Å². The Morgan fingerprint density at radius 2 is 1.79 bits per heavy atom. The Bertz CT molecular complexity index is 1680. The molecule has 1 saturated carbocycles. The average Bonchev–Trinajstić information content (AvgIpc) is 3.46. The molecule has 0 spiro atoms. The van der Waals surface area contributed by atoms with Gasteiger partial charge in [-0.25, -0.2) is 36.5 Å². The number of nitrogen functional groups attached to an aromatic ring is 1. The number of rotatable bonds is 10. The first-order valence-electron chi connectivity index (χ1n) is 13.1. The third kappa shape index (κ3) is 5.91. The third-order valence-corrected chi connectivity index (χ3v) is 8.91. The van der Waals surface area contributed by atoms with Crippen LogP contribution in [-0.2, 0) is 16.6 Å². The molecule has 0 saturated heterocycles. The molecule has 2 unspecified atom stereocenters. The Morgan fingerprint density at radius 3 is 2.50 bits per heavy atom. The van der Waals surface area contributed by atoms with E-state index in [-0.39, 0.29) is 24.0 Å². The van der Waals surface area contributed by atoms with Gasteiger partial charge in [0.2, 0.25) is 0 Å². The summed E-state index contributed by atoms with van der Waals surface area (Å²) >= 11 is 0. The number of halogens is 2.